The van der Waals surface area contributed by atoms with E-state index >= 15 is 0 Å². The van der Waals surface area contributed by atoms with Crippen molar-refractivity contribution in [3.63, 3.8) is 0 Å². The van der Waals surface area contributed by atoms with Crippen LogP contribution in [0.2, 0.25) is 0 Å². The van der Waals surface area contributed by atoms with Crippen LogP contribution in [0.4, 0.5) is 0 Å². The van der Waals surface area contributed by atoms with Crippen LogP contribution >= 0.6 is 0 Å². The Kier molecular flexibility index (Phi) is 11.3. The summed E-state index contributed by atoms with van der Waals surface area (Å²) in [6.45, 7) is 11.5. The Bertz CT molecular complexity index is 140. The van der Waals surface area contributed by atoms with E-state index in [1.165, 1.54) is 25.8 Å². The summed E-state index contributed by atoms with van der Waals surface area (Å²) >= 11 is 0. The van der Waals surface area contributed by atoms with E-state index in [2.05, 4.69) is 31.1 Å². The highest BCUT2D eigenvalue weighted by atomic mass is 16.5. The van der Waals surface area contributed by atoms with Gasteiger partial charge in [0.1, 0.15) is 0 Å². The standard InChI is InChI=1S/C13H30N2O/c1-5-16-12-11-15(4)10-8-6-7-9-14-13(2)3/h13-14H,5-12H2,1-4H3. The number of rotatable bonds is 11. The van der Waals surface area contributed by atoms with Gasteiger partial charge in [0.05, 0.1) is 6.61 Å². The molecule has 0 aromatic rings. The van der Waals surface area contributed by atoms with Crippen LogP contribution in [0.5, 0.6) is 0 Å². The van der Waals surface area contributed by atoms with Crippen molar-refractivity contribution in [2.75, 3.05) is 39.9 Å². The summed E-state index contributed by atoms with van der Waals surface area (Å²) in [7, 11) is 2.17. The van der Waals surface area contributed by atoms with Gasteiger partial charge in [0.15, 0.2) is 0 Å². The molecule has 3 nitrogen and oxygen atoms in total. The topological polar surface area (TPSA) is 24.5 Å². The molecule has 0 saturated heterocycles. The number of nitrogens with zero attached hydrogens (tertiary/aromatic N) is 1. The predicted molar refractivity (Wildman–Crippen MR) is 71.0 cm³/mol. The minimum Gasteiger partial charge on any atom is -0.380 e. The second kappa shape index (κ2) is 11.4. The molecule has 0 atom stereocenters. The van der Waals surface area contributed by atoms with Gasteiger partial charge < -0.3 is 15.0 Å². The Morgan fingerprint density at radius 1 is 1.12 bits per heavy atom. The summed E-state index contributed by atoms with van der Waals surface area (Å²) in [5, 5.41) is 3.44. The van der Waals surface area contributed by atoms with Gasteiger partial charge in [0.25, 0.3) is 0 Å². The number of ether oxygens (including phenoxy) is 1. The van der Waals surface area contributed by atoms with Crippen LogP contribution in [0, 0.1) is 0 Å². The van der Waals surface area contributed by atoms with Crippen molar-refractivity contribution in [2.45, 2.75) is 46.1 Å². The lowest BCUT2D eigenvalue weighted by Crippen LogP contribution is -2.25. The zero-order valence-corrected chi connectivity index (χ0v) is 11.6. The Morgan fingerprint density at radius 2 is 1.88 bits per heavy atom. The van der Waals surface area contributed by atoms with Crippen molar-refractivity contribution in [1.29, 1.82) is 0 Å². The van der Waals surface area contributed by atoms with Gasteiger partial charge >= 0.3 is 0 Å². The smallest absolute Gasteiger partial charge is 0.0593 e. The van der Waals surface area contributed by atoms with E-state index in [1.54, 1.807) is 0 Å². The van der Waals surface area contributed by atoms with Gasteiger partial charge in [0, 0.05) is 19.2 Å². The van der Waals surface area contributed by atoms with Gasteiger partial charge in [-0.2, -0.15) is 0 Å². The van der Waals surface area contributed by atoms with Gasteiger partial charge in [-0.25, -0.2) is 0 Å². The average Bonchev–Trinajstić information content (AvgIpc) is 2.23. The molecule has 98 valence electrons. The number of hydrogen-bond donors (Lipinski definition) is 1. The Balaban J connectivity index is 3.12. The fourth-order valence-corrected chi connectivity index (χ4v) is 1.55. The van der Waals surface area contributed by atoms with Crippen molar-refractivity contribution in [1.82, 2.24) is 10.2 Å². The lowest BCUT2D eigenvalue weighted by molar-refractivity contribution is 0.121. The molecule has 0 heterocycles. The van der Waals surface area contributed by atoms with E-state index in [9.17, 15) is 0 Å². The van der Waals surface area contributed by atoms with Crippen LogP contribution in [0.15, 0.2) is 0 Å². The summed E-state index contributed by atoms with van der Waals surface area (Å²) in [5.41, 5.74) is 0. The van der Waals surface area contributed by atoms with Crippen LogP contribution in [0.25, 0.3) is 0 Å². The van der Waals surface area contributed by atoms with Gasteiger partial charge in [-0.3, -0.25) is 0 Å². The maximum atomic E-state index is 5.32. The van der Waals surface area contributed by atoms with Crippen molar-refractivity contribution in [3.8, 4) is 0 Å². The molecule has 0 saturated carbocycles. The van der Waals surface area contributed by atoms with Crippen LogP contribution in [0.3, 0.4) is 0 Å². The van der Waals surface area contributed by atoms with E-state index < -0.39 is 0 Å². The minimum atomic E-state index is 0.619. The number of unbranched alkanes of at least 4 members (excludes halogenated alkanes) is 2. The molecule has 1 N–H and O–H groups in total. The van der Waals surface area contributed by atoms with E-state index in [4.69, 9.17) is 4.74 Å². The van der Waals surface area contributed by atoms with Gasteiger partial charge in [-0.1, -0.05) is 20.3 Å². The first-order chi connectivity index (χ1) is 7.66. The van der Waals surface area contributed by atoms with Crippen LogP contribution in [-0.4, -0.2) is 50.8 Å². The third-order valence-corrected chi connectivity index (χ3v) is 2.59. The maximum Gasteiger partial charge on any atom is 0.0593 e. The molecular weight excluding hydrogens is 200 g/mol. The molecule has 0 amide bonds. The molecule has 16 heavy (non-hydrogen) atoms. The molecule has 0 radical (unpaired) electrons. The number of nitrogens with one attached hydrogen (secondary N) is 1. The molecule has 0 aromatic heterocycles. The first-order valence-electron chi connectivity index (χ1n) is 6.66. The molecule has 0 aliphatic heterocycles. The van der Waals surface area contributed by atoms with Crippen LogP contribution < -0.4 is 5.32 Å². The molecule has 0 aliphatic rings. The molecule has 0 rings (SSSR count). The van der Waals surface area contributed by atoms with Crippen LogP contribution in [-0.2, 0) is 4.74 Å². The van der Waals surface area contributed by atoms with Crippen molar-refractivity contribution < 1.29 is 4.74 Å². The minimum absolute atomic E-state index is 0.619. The average molecular weight is 230 g/mol. The lowest BCUT2D eigenvalue weighted by Gasteiger charge is -2.16. The fourth-order valence-electron chi connectivity index (χ4n) is 1.55. The van der Waals surface area contributed by atoms with Gasteiger partial charge in [-0.15, -0.1) is 0 Å². The number of likely N-dealkylation sites (N-methyl/N-ethyl adjacent to an activating group) is 1. The molecule has 0 bridgehead atoms. The van der Waals surface area contributed by atoms with E-state index in [0.29, 0.717) is 6.04 Å². The third kappa shape index (κ3) is 12.0. The summed E-state index contributed by atoms with van der Waals surface area (Å²) < 4.78 is 5.32. The molecule has 0 aromatic carbocycles. The SMILES string of the molecule is CCOCCN(C)CCCCCNC(C)C. The van der Waals surface area contributed by atoms with Gasteiger partial charge in [0.2, 0.25) is 0 Å². The van der Waals surface area contributed by atoms with Crippen LogP contribution in [0.1, 0.15) is 40.0 Å². The lowest BCUT2D eigenvalue weighted by atomic mass is 10.2. The Labute approximate surface area is 102 Å². The predicted octanol–water partition coefficient (Wildman–Crippen LogP) is 2.12. The summed E-state index contributed by atoms with van der Waals surface area (Å²) in [6, 6.07) is 0.619. The molecule has 3 heteroatoms. The fraction of sp³-hybridized carbons (Fsp3) is 1.00. The second-order valence-corrected chi connectivity index (χ2v) is 4.67. The Hall–Kier alpha value is -0.120. The van der Waals surface area contributed by atoms with Crippen molar-refractivity contribution in [2.24, 2.45) is 0 Å². The van der Waals surface area contributed by atoms with E-state index in [0.717, 1.165) is 26.3 Å². The second-order valence-electron chi connectivity index (χ2n) is 4.67. The zero-order valence-electron chi connectivity index (χ0n) is 11.6. The summed E-state index contributed by atoms with van der Waals surface area (Å²) in [5.74, 6) is 0. The molecular formula is C13H30N2O. The monoisotopic (exact) mass is 230 g/mol. The molecule has 0 spiro atoms. The van der Waals surface area contributed by atoms with E-state index in [-0.39, 0.29) is 0 Å². The maximum absolute atomic E-state index is 5.32. The van der Waals surface area contributed by atoms with E-state index in [1.807, 2.05) is 6.92 Å². The summed E-state index contributed by atoms with van der Waals surface area (Å²) in [6.07, 6.45) is 3.90. The van der Waals surface area contributed by atoms with Gasteiger partial charge in [-0.05, 0) is 39.9 Å². The van der Waals surface area contributed by atoms with Crippen molar-refractivity contribution >= 4 is 0 Å². The number of hydrogen-bond acceptors (Lipinski definition) is 3. The summed E-state index contributed by atoms with van der Waals surface area (Å²) in [4.78, 5) is 2.35. The quantitative estimate of drug-likeness (QED) is 0.550. The first-order valence-corrected chi connectivity index (χ1v) is 6.66. The Morgan fingerprint density at radius 3 is 2.50 bits per heavy atom. The molecule has 0 fully saturated rings. The molecule has 0 aliphatic carbocycles. The van der Waals surface area contributed by atoms with Crippen molar-refractivity contribution in [3.05, 3.63) is 0 Å². The normalized spacial score (nSPS) is 11.6. The zero-order chi connectivity index (χ0) is 12.2. The highest BCUT2D eigenvalue weighted by molar-refractivity contribution is 4.55. The highest BCUT2D eigenvalue weighted by Gasteiger charge is 1.98. The highest BCUT2D eigenvalue weighted by Crippen LogP contribution is 1.97. The largest absolute Gasteiger partial charge is 0.380 e. The first kappa shape index (κ1) is 15.9. The molecule has 0 unspecified atom stereocenters. The third-order valence-electron chi connectivity index (χ3n) is 2.59.